The molecule has 6 heteroatoms. The number of carbonyl (C=O) groups is 3. The van der Waals surface area contributed by atoms with Crippen molar-refractivity contribution in [2.75, 3.05) is 13.6 Å². The number of likely N-dealkylation sites (N-methyl/N-ethyl adjacent to an activating group) is 1. The van der Waals surface area contributed by atoms with Crippen molar-refractivity contribution in [3.05, 3.63) is 0 Å². The highest BCUT2D eigenvalue weighted by molar-refractivity contribution is 5.89. The van der Waals surface area contributed by atoms with E-state index in [-0.39, 0.29) is 24.3 Å². The topological polar surface area (TPSA) is 87.3 Å². The number of hydrogen-bond donors (Lipinski definition) is 3. The second kappa shape index (κ2) is 8.55. The van der Waals surface area contributed by atoms with Gasteiger partial charge >= 0.3 is 0 Å². The highest BCUT2D eigenvalue weighted by Crippen LogP contribution is 2.28. The van der Waals surface area contributed by atoms with Crippen LogP contribution in [0.2, 0.25) is 0 Å². The lowest BCUT2D eigenvalue weighted by Crippen LogP contribution is -2.47. The van der Waals surface area contributed by atoms with Crippen LogP contribution in [0.15, 0.2) is 0 Å². The van der Waals surface area contributed by atoms with Gasteiger partial charge in [-0.15, -0.1) is 0 Å². The Bertz CT molecular complexity index is 352. The molecule has 1 rings (SSSR count). The van der Waals surface area contributed by atoms with E-state index in [0.717, 1.165) is 6.42 Å². The van der Waals surface area contributed by atoms with Crippen molar-refractivity contribution in [2.24, 2.45) is 5.92 Å². The van der Waals surface area contributed by atoms with Crippen LogP contribution < -0.4 is 16.0 Å². The maximum atomic E-state index is 11.6. The van der Waals surface area contributed by atoms with Crippen molar-refractivity contribution in [3.8, 4) is 0 Å². The van der Waals surface area contributed by atoms with E-state index >= 15 is 0 Å². The minimum Gasteiger partial charge on any atom is -0.357 e. The van der Waals surface area contributed by atoms with E-state index in [1.54, 1.807) is 6.92 Å². The molecule has 0 radical (unpaired) electrons. The SMILES string of the molecule is CNC(=O)[C@H](C)NC(=O)CNC(=O)CCC1CCCC1. The maximum Gasteiger partial charge on any atom is 0.242 e. The van der Waals surface area contributed by atoms with Crippen LogP contribution in [-0.4, -0.2) is 37.4 Å². The van der Waals surface area contributed by atoms with Crippen LogP contribution in [0.1, 0.15) is 45.4 Å². The van der Waals surface area contributed by atoms with Gasteiger partial charge in [0.1, 0.15) is 6.04 Å². The molecule has 1 aliphatic rings. The van der Waals surface area contributed by atoms with Crippen molar-refractivity contribution in [3.63, 3.8) is 0 Å². The summed E-state index contributed by atoms with van der Waals surface area (Å²) in [6, 6.07) is -0.595. The van der Waals surface area contributed by atoms with Gasteiger partial charge in [-0.25, -0.2) is 0 Å². The summed E-state index contributed by atoms with van der Waals surface area (Å²) in [4.78, 5) is 34.4. The van der Waals surface area contributed by atoms with Gasteiger partial charge in [-0.1, -0.05) is 25.7 Å². The third-order valence-corrected chi connectivity index (χ3v) is 3.72. The Hall–Kier alpha value is -1.59. The van der Waals surface area contributed by atoms with Gasteiger partial charge in [0, 0.05) is 13.5 Å². The van der Waals surface area contributed by atoms with Gasteiger partial charge in [0.2, 0.25) is 17.7 Å². The van der Waals surface area contributed by atoms with Crippen molar-refractivity contribution < 1.29 is 14.4 Å². The summed E-state index contributed by atoms with van der Waals surface area (Å²) in [6.45, 7) is 1.52. The Labute approximate surface area is 120 Å². The molecule has 0 aromatic carbocycles. The molecule has 1 aliphatic carbocycles. The Morgan fingerprint density at radius 3 is 2.40 bits per heavy atom. The van der Waals surface area contributed by atoms with Crippen LogP contribution in [0.25, 0.3) is 0 Å². The average molecular weight is 283 g/mol. The molecule has 3 amide bonds. The molecule has 6 nitrogen and oxygen atoms in total. The lowest BCUT2D eigenvalue weighted by Gasteiger charge is -2.13. The van der Waals surface area contributed by atoms with E-state index in [1.807, 2.05) is 0 Å². The molecule has 114 valence electrons. The molecule has 0 aliphatic heterocycles. The van der Waals surface area contributed by atoms with E-state index < -0.39 is 6.04 Å². The average Bonchev–Trinajstić information content (AvgIpc) is 2.95. The van der Waals surface area contributed by atoms with Crippen molar-refractivity contribution in [1.29, 1.82) is 0 Å². The minimum absolute atomic E-state index is 0.0785. The summed E-state index contributed by atoms with van der Waals surface area (Å²) in [6.07, 6.45) is 6.36. The van der Waals surface area contributed by atoms with Gasteiger partial charge in [0.15, 0.2) is 0 Å². The fraction of sp³-hybridized carbons (Fsp3) is 0.786. The first-order valence-corrected chi connectivity index (χ1v) is 7.30. The standard InChI is InChI=1S/C14H25N3O3/c1-10(14(20)15-2)17-13(19)9-16-12(18)8-7-11-5-3-4-6-11/h10-11H,3-9H2,1-2H3,(H,15,20)(H,16,18)(H,17,19)/t10-/m0/s1. The monoisotopic (exact) mass is 283 g/mol. The molecule has 0 heterocycles. The minimum atomic E-state index is -0.595. The molecule has 0 saturated heterocycles. The molecule has 0 bridgehead atoms. The van der Waals surface area contributed by atoms with Gasteiger partial charge < -0.3 is 16.0 Å². The molecule has 3 N–H and O–H groups in total. The summed E-state index contributed by atoms with van der Waals surface area (Å²) in [5, 5.41) is 7.55. The molecule has 1 saturated carbocycles. The van der Waals surface area contributed by atoms with E-state index in [4.69, 9.17) is 0 Å². The fourth-order valence-corrected chi connectivity index (χ4v) is 2.48. The predicted octanol–water partition coefficient (Wildman–Crippen LogP) is 0.324. The Morgan fingerprint density at radius 1 is 1.15 bits per heavy atom. The molecular weight excluding hydrogens is 258 g/mol. The number of rotatable bonds is 7. The van der Waals surface area contributed by atoms with E-state index in [9.17, 15) is 14.4 Å². The summed E-state index contributed by atoms with van der Waals surface area (Å²) < 4.78 is 0. The molecule has 0 spiro atoms. The quantitative estimate of drug-likeness (QED) is 0.629. The summed E-state index contributed by atoms with van der Waals surface area (Å²) in [5.41, 5.74) is 0. The zero-order chi connectivity index (χ0) is 15.0. The Morgan fingerprint density at radius 2 is 1.80 bits per heavy atom. The molecule has 20 heavy (non-hydrogen) atoms. The van der Waals surface area contributed by atoms with Crippen LogP contribution in [0.4, 0.5) is 0 Å². The smallest absolute Gasteiger partial charge is 0.242 e. The molecule has 1 atom stereocenters. The lowest BCUT2D eigenvalue weighted by atomic mass is 10.0. The summed E-state index contributed by atoms with van der Waals surface area (Å²) in [7, 11) is 1.51. The summed E-state index contributed by atoms with van der Waals surface area (Å²) in [5.74, 6) is -0.0382. The summed E-state index contributed by atoms with van der Waals surface area (Å²) >= 11 is 0. The number of carbonyl (C=O) groups excluding carboxylic acids is 3. The van der Waals surface area contributed by atoms with Crippen molar-refractivity contribution in [2.45, 2.75) is 51.5 Å². The molecule has 1 fully saturated rings. The molecule has 0 unspecified atom stereocenters. The van der Waals surface area contributed by atoms with Crippen LogP contribution in [0.3, 0.4) is 0 Å². The van der Waals surface area contributed by atoms with Crippen LogP contribution in [0.5, 0.6) is 0 Å². The highest BCUT2D eigenvalue weighted by atomic mass is 16.2. The maximum absolute atomic E-state index is 11.6. The van der Waals surface area contributed by atoms with Gasteiger partial charge in [-0.2, -0.15) is 0 Å². The van der Waals surface area contributed by atoms with Gasteiger partial charge in [-0.3, -0.25) is 14.4 Å². The second-order valence-electron chi connectivity index (χ2n) is 5.37. The van der Waals surface area contributed by atoms with Gasteiger partial charge in [0.25, 0.3) is 0 Å². The number of nitrogens with one attached hydrogen (secondary N) is 3. The zero-order valence-corrected chi connectivity index (χ0v) is 12.3. The van der Waals surface area contributed by atoms with Crippen LogP contribution >= 0.6 is 0 Å². The largest absolute Gasteiger partial charge is 0.357 e. The van der Waals surface area contributed by atoms with E-state index in [2.05, 4.69) is 16.0 Å². The fourth-order valence-electron chi connectivity index (χ4n) is 2.48. The van der Waals surface area contributed by atoms with Crippen molar-refractivity contribution in [1.82, 2.24) is 16.0 Å². The third-order valence-electron chi connectivity index (χ3n) is 3.72. The normalized spacial score (nSPS) is 16.5. The Kier molecular flexibility index (Phi) is 7.04. The first kappa shape index (κ1) is 16.5. The first-order valence-electron chi connectivity index (χ1n) is 7.30. The predicted molar refractivity (Wildman–Crippen MR) is 75.9 cm³/mol. The second-order valence-corrected chi connectivity index (χ2v) is 5.37. The molecule has 0 aromatic heterocycles. The molecular formula is C14H25N3O3. The first-order chi connectivity index (χ1) is 9.52. The van der Waals surface area contributed by atoms with Crippen LogP contribution in [-0.2, 0) is 14.4 Å². The Balaban J connectivity index is 2.13. The highest BCUT2D eigenvalue weighted by Gasteiger charge is 2.17. The van der Waals surface area contributed by atoms with Gasteiger partial charge in [0.05, 0.1) is 6.54 Å². The molecule has 0 aromatic rings. The van der Waals surface area contributed by atoms with Crippen LogP contribution in [0, 0.1) is 5.92 Å². The number of hydrogen-bond acceptors (Lipinski definition) is 3. The third kappa shape index (κ3) is 6.04. The van der Waals surface area contributed by atoms with Gasteiger partial charge in [-0.05, 0) is 19.3 Å². The number of amides is 3. The van der Waals surface area contributed by atoms with E-state index in [0.29, 0.717) is 12.3 Å². The zero-order valence-electron chi connectivity index (χ0n) is 12.3. The van der Waals surface area contributed by atoms with Crippen molar-refractivity contribution >= 4 is 17.7 Å². The lowest BCUT2D eigenvalue weighted by molar-refractivity contribution is -0.129. The van der Waals surface area contributed by atoms with E-state index in [1.165, 1.54) is 32.7 Å².